The molecule has 1 aliphatic rings. The summed E-state index contributed by atoms with van der Waals surface area (Å²) < 4.78 is 10.6. The second-order valence-electron chi connectivity index (χ2n) is 6.80. The number of nitrogens with one attached hydrogen (secondary N) is 1. The van der Waals surface area contributed by atoms with Crippen molar-refractivity contribution in [3.63, 3.8) is 0 Å². The lowest BCUT2D eigenvalue weighted by molar-refractivity contribution is -0.122. The zero-order chi connectivity index (χ0) is 20.4. The Bertz CT molecular complexity index is 929. The molecule has 0 unspecified atom stereocenters. The topological polar surface area (TPSA) is 67.9 Å². The van der Waals surface area contributed by atoms with Crippen LogP contribution in [0.15, 0.2) is 30.3 Å². The molecule has 1 N–H and O–H groups in total. The Balaban J connectivity index is 1.81. The van der Waals surface area contributed by atoms with Gasteiger partial charge in [0.15, 0.2) is 0 Å². The highest BCUT2D eigenvalue weighted by Gasteiger charge is 2.36. The number of carbonyl (C=O) groups is 2. The molecule has 0 aliphatic carbocycles. The SMILES string of the molecule is COc1cc(OC)c(N2C[C@@H](C(=O)Nc3cccc(C)c3C)CC2=O)cc1Cl. The van der Waals surface area contributed by atoms with E-state index in [0.717, 1.165) is 16.8 Å². The number of hydrogen-bond donors (Lipinski definition) is 1. The van der Waals surface area contributed by atoms with E-state index >= 15 is 0 Å². The molecule has 0 aromatic heterocycles. The summed E-state index contributed by atoms with van der Waals surface area (Å²) in [7, 11) is 3.02. The first-order valence-electron chi connectivity index (χ1n) is 8.94. The number of hydrogen-bond acceptors (Lipinski definition) is 4. The van der Waals surface area contributed by atoms with E-state index in [1.807, 2.05) is 32.0 Å². The first-order valence-corrected chi connectivity index (χ1v) is 9.32. The molecule has 1 fully saturated rings. The first kappa shape index (κ1) is 20.0. The fourth-order valence-corrected chi connectivity index (χ4v) is 3.53. The Kier molecular flexibility index (Phi) is 5.79. The van der Waals surface area contributed by atoms with Crippen molar-refractivity contribution in [2.45, 2.75) is 20.3 Å². The number of ether oxygens (including phenoxy) is 2. The van der Waals surface area contributed by atoms with Gasteiger partial charge in [-0.3, -0.25) is 9.59 Å². The fraction of sp³-hybridized carbons (Fsp3) is 0.333. The molecule has 6 nitrogen and oxygen atoms in total. The van der Waals surface area contributed by atoms with Crippen LogP contribution >= 0.6 is 11.6 Å². The largest absolute Gasteiger partial charge is 0.495 e. The number of amides is 2. The second kappa shape index (κ2) is 8.10. The van der Waals surface area contributed by atoms with E-state index in [-0.39, 0.29) is 24.8 Å². The first-order chi connectivity index (χ1) is 13.3. The van der Waals surface area contributed by atoms with Gasteiger partial charge in [-0.25, -0.2) is 0 Å². The van der Waals surface area contributed by atoms with Crippen LogP contribution in [0.1, 0.15) is 17.5 Å². The Morgan fingerprint density at radius 2 is 1.89 bits per heavy atom. The van der Waals surface area contributed by atoms with E-state index in [4.69, 9.17) is 21.1 Å². The van der Waals surface area contributed by atoms with Crippen LogP contribution in [0, 0.1) is 19.8 Å². The molecule has 3 rings (SSSR count). The molecule has 28 heavy (non-hydrogen) atoms. The molecular formula is C21H23ClN2O4. The molecule has 1 aliphatic heterocycles. The predicted molar refractivity (Wildman–Crippen MR) is 110 cm³/mol. The highest BCUT2D eigenvalue weighted by atomic mass is 35.5. The lowest BCUT2D eigenvalue weighted by Gasteiger charge is -2.21. The van der Waals surface area contributed by atoms with Gasteiger partial charge in [0.25, 0.3) is 0 Å². The number of anilines is 2. The third-order valence-electron chi connectivity index (χ3n) is 5.10. The van der Waals surface area contributed by atoms with Crippen molar-refractivity contribution in [3.8, 4) is 11.5 Å². The molecule has 0 radical (unpaired) electrons. The van der Waals surface area contributed by atoms with Gasteiger partial charge in [0.1, 0.15) is 11.5 Å². The number of methoxy groups -OCH3 is 2. The van der Waals surface area contributed by atoms with Crippen LogP contribution < -0.4 is 19.7 Å². The summed E-state index contributed by atoms with van der Waals surface area (Å²) in [6, 6.07) is 9.01. The second-order valence-corrected chi connectivity index (χ2v) is 7.21. The Hall–Kier alpha value is -2.73. The molecule has 0 saturated carbocycles. The maximum atomic E-state index is 12.8. The average molecular weight is 403 g/mol. The van der Waals surface area contributed by atoms with Crippen LogP contribution in [0.25, 0.3) is 0 Å². The third-order valence-corrected chi connectivity index (χ3v) is 5.40. The molecule has 7 heteroatoms. The standard InChI is InChI=1S/C21H23ClN2O4/c1-12-6-5-7-16(13(12)2)23-21(26)14-8-20(25)24(11-14)17-9-15(22)18(27-3)10-19(17)28-4/h5-7,9-10,14H,8,11H2,1-4H3,(H,23,26)/t14-/m0/s1. The summed E-state index contributed by atoms with van der Waals surface area (Å²) in [4.78, 5) is 26.9. The average Bonchev–Trinajstić information content (AvgIpc) is 3.07. The number of benzene rings is 2. The van der Waals surface area contributed by atoms with Gasteiger partial charge in [-0.1, -0.05) is 23.7 Å². The zero-order valence-corrected chi connectivity index (χ0v) is 17.1. The van der Waals surface area contributed by atoms with E-state index in [0.29, 0.717) is 22.2 Å². The van der Waals surface area contributed by atoms with Crippen LogP contribution in [-0.4, -0.2) is 32.6 Å². The van der Waals surface area contributed by atoms with Crippen LogP contribution in [0.3, 0.4) is 0 Å². The summed E-state index contributed by atoms with van der Waals surface area (Å²) in [5.74, 6) is 0.130. The van der Waals surface area contributed by atoms with Crippen molar-refractivity contribution in [2.24, 2.45) is 5.92 Å². The van der Waals surface area contributed by atoms with Gasteiger partial charge < -0.3 is 19.7 Å². The van der Waals surface area contributed by atoms with Gasteiger partial charge in [0, 0.05) is 24.7 Å². The minimum absolute atomic E-state index is 0.128. The van der Waals surface area contributed by atoms with Gasteiger partial charge >= 0.3 is 0 Å². The minimum atomic E-state index is -0.460. The number of carbonyl (C=O) groups excluding carboxylic acids is 2. The lowest BCUT2D eigenvalue weighted by atomic mass is 10.1. The predicted octanol–water partition coefficient (Wildman–Crippen LogP) is 3.97. The summed E-state index contributed by atoms with van der Waals surface area (Å²) in [6.45, 7) is 4.21. The molecule has 1 saturated heterocycles. The Morgan fingerprint density at radius 3 is 2.57 bits per heavy atom. The van der Waals surface area contributed by atoms with Gasteiger partial charge in [-0.15, -0.1) is 0 Å². The third kappa shape index (κ3) is 3.78. The summed E-state index contributed by atoms with van der Waals surface area (Å²) >= 11 is 6.23. The van der Waals surface area contributed by atoms with Crippen LogP contribution in [0.4, 0.5) is 11.4 Å². The van der Waals surface area contributed by atoms with E-state index in [9.17, 15) is 9.59 Å². The summed E-state index contributed by atoms with van der Waals surface area (Å²) in [6.07, 6.45) is 0.128. The highest BCUT2D eigenvalue weighted by molar-refractivity contribution is 6.32. The lowest BCUT2D eigenvalue weighted by Crippen LogP contribution is -2.28. The highest BCUT2D eigenvalue weighted by Crippen LogP contribution is 2.40. The van der Waals surface area contributed by atoms with Crippen molar-refractivity contribution in [3.05, 3.63) is 46.5 Å². The van der Waals surface area contributed by atoms with Crippen molar-refractivity contribution in [2.75, 3.05) is 31.0 Å². The maximum Gasteiger partial charge on any atom is 0.229 e. The van der Waals surface area contributed by atoms with Crippen molar-refractivity contribution >= 4 is 34.8 Å². The molecular weight excluding hydrogens is 380 g/mol. The van der Waals surface area contributed by atoms with Crippen molar-refractivity contribution in [1.29, 1.82) is 0 Å². The number of nitrogens with zero attached hydrogens (tertiary/aromatic N) is 1. The smallest absolute Gasteiger partial charge is 0.229 e. The van der Waals surface area contributed by atoms with Gasteiger partial charge in [-0.2, -0.15) is 0 Å². The van der Waals surface area contributed by atoms with Gasteiger partial charge in [0.2, 0.25) is 11.8 Å². The fourth-order valence-electron chi connectivity index (χ4n) is 3.29. The normalized spacial score (nSPS) is 16.2. The van der Waals surface area contributed by atoms with E-state index in [1.54, 1.807) is 12.1 Å². The van der Waals surface area contributed by atoms with Crippen molar-refractivity contribution in [1.82, 2.24) is 0 Å². The summed E-state index contributed by atoms with van der Waals surface area (Å²) in [5, 5.41) is 3.32. The quantitative estimate of drug-likeness (QED) is 0.821. The molecule has 1 atom stereocenters. The molecule has 2 amide bonds. The molecule has 2 aromatic carbocycles. The number of halogens is 1. The molecule has 148 valence electrons. The minimum Gasteiger partial charge on any atom is -0.495 e. The van der Waals surface area contributed by atoms with E-state index in [2.05, 4.69) is 5.32 Å². The van der Waals surface area contributed by atoms with Crippen LogP contribution in [0.5, 0.6) is 11.5 Å². The molecule has 0 spiro atoms. The summed E-state index contributed by atoms with van der Waals surface area (Å²) in [5.41, 5.74) is 3.40. The van der Waals surface area contributed by atoms with Gasteiger partial charge in [-0.05, 0) is 37.1 Å². The van der Waals surface area contributed by atoms with E-state index < -0.39 is 5.92 Å². The zero-order valence-electron chi connectivity index (χ0n) is 16.3. The van der Waals surface area contributed by atoms with Crippen LogP contribution in [0.2, 0.25) is 5.02 Å². The molecule has 2 aromatic rings. The Labute approximate surface area is 169 Å². The van der Waals surface area contributed by atoms with Crippen LogP contribution in [-0.2, 0) is 9.59 Å². The number of aryl methyl sites for hydroxylation is 1. The monoisotopic (exact) mass is 402 g/mol. The number of rotatable bonds is 5. The van der Waals surface area contributed by atoms with Gasteiger partial charge in [0.05, 0.1) is 30.8 Å². The maximum absolute atomic E-state index is 12.8. The molecule has 1 heterocycles. The van der Waals surface area contributed by atoms with E-state index in [1.165, 1.54) is 19.1 Å². The molecule has 0 bridgehead atoms. The van der Waals surface area contributed by atoms with Crippen molar-refractivity contribution < 1.29 is 19.1 Å². The Morgan fingerprint density at radius 1 is 1.18 bits per heavy atom.